The lowest BCUT2D eigenvalue weighted by Crippen LogP contribution is -2.27. The van der Waals surface area contributed by atoms with Gasteiger partial charge < -0.3 is 19.6 Å². The molecule has 0 aliphatic carbocycles. The molecule has 0 saturated heterocycles. The van der Waals surface area contributed by atoms with Crippen molar-refractivity contribution in [3.63, 3.8) is 0 Å². The molecule has 0 saturated carbocycles. The summed E-state index contributed by atoms with van der Waals surface area (Å²) in [5.74, 6) is 0.504. The van der Waals surface area contributed by atoms with Gasteiger partial charge in [-0.3, -0.25) is 4.79 Å². The van der Waals surface area contributed by atoms with Crippen molar-refractivity contribution in [1.29, 1.82) is 0 Å². The fourth-order valence-electron chi connectivity index (χ4n) is 2.38. The molecule has 8 nitrogen and oxygen atoms in total. The lowest BCUT2D eigenvalue weighted by atomic mass is 10.0. The first-order valence-corrected chi connectivity index (χ1v) is 7.97. The third-order valence-electron chi connectivity index (χ3n) is 3.71. The van der Waals surface area contributed by atoms with Crippen LogP contribution in [0, 0.1) is 0 Å². The Kier molecular flexibility index (Phi) is 5.30. The van der Waals surface area contributed by atoms with E-state index in [1.165, 1.54) is 0 Å². The highest BCUT2D eigenvalue weighted by Gasteiger charge is 2.29. The summed E-state index contributed by atoms with van der Waals surface area (Å²) in [6.45, 7) is 2.85. The second-order valence-electron chi connectivity index (χ2n) is 5.44. The quantitative estimate of drug-likeness (QED) is 0.830. The average Bonchev–Trinajstić information content (AvgIpc) is 3.29. The van der Waals surface area contributed by atoms with Crippen LogP contribution in [-0.2, 0) is 21.1 Å². The van der Waals surface area contributed by atoms with Crippen molar-refractivity contribution >= 4 is 17.3 Å². The summed E-state index contributed by atoms with van der Waals surface area (Å²) in [7, 11) is 1.61. The normalized spacial score (nSPS) is 16.2. The number of amides is 1. The van der Waals surface area contributed by atoms with Gasteiger partial charge in [0, 0.05) is 13.0 Å². The highest BCUT2D eigenvalue weighted by Crippen LogP contribution is 2.20. The van der Waals surface area contributed by atoms with Gasteiger partial charge in [-0.2, -0.15) is 5.10 Å². The van der Waals surface area contributed by atoms with Crippen LogP contribution in [0.3, 0.4) is 0 Å². The minimum atomic E-state index is -0.660. The molecular weight excluding hydrogens is 324 g/mol. The Morgan fingerprint density at radius 1 is 1.40 bits per heavy atom. The minimum Gasteiger partial charge on any atom is -0.497 e. The summed E-state index contributed by atoms with van der Waals surface area (Å²) < 4.78 is 12.0. The second-order valence-corrected chi connectivity index (χ2v) is 5.44. The van der Waals surface area contributed by atoms with Gasteiger partial charge in [-0.05, 0) is 36.8 Å². The molecule has 1 aliphatic heterocycles. The highest BCUT2D eigenvalue weighted by molar-refractivity contribution is 6.06. The molecule has 1 N–H and O–H groups in total. The highest BCUT2D eigenvalue weighted by atomic mass is 16.6. The van der Waals surface area contributed by atoms with E-state index < -0.39 is 6.10 Å². The van der Waals surface area contributed by atoms with E-state index in [1.54, 1.807) is 24.2 Å². The maximum absolute atomic E-state index is 12.3. The summed E-state index contributed by atoms with van der Waals surface area (Å²) in [6, 6.07) is 7.47. The van der Waals surface area contributed by atoms with Crippen molar-refractivity contribution in [1.82, 2.24) is 9.78 Å². The van der Waals surface area contributed by atoms with Crippen LogP contribution in [0.15, 0.2) is 41.8 Å². The predicted octanol–water partition coefficient (Wildman–Crippen LogP) is 2.02. The molecule has 2 heterocycles. The first kappa shape index (κ1) is 17.0. The maximum atomic E-state index is 12.3. The molecule has 1 unspecified atom stereocenters. The Labute approximate surface area is 145 Å². The number of nitrogens with zero attached hydrogens (tertiary/aromatic N) is 3. The molecule has 1 aliphatic rings. The number of carbonyl (C=O) groups is 1. The summed E-state index contributed by atoms with van der Waals surface area (Å²) in [6.07, 6.45) is 3.02. The molecule has 2 aromatic rings. The Hall–Kier alpha value is -2.87. The van der Waals surface area contributed by atoms with Gasteiger partial charge in [-0.25, -0.2) is 4.68 Å². The number of aromatic nitrogens is 2. The van der Waals surface area contributed by atoms with Gasteiger partial charge in [0.05, 0.1) is 30.9 Å². The Morgan fingerprint density at radius 3 is 2.92 bits per heavy atom. The number of methoxy groups -OCH3 is 1. The molecular formula is C17H20N4O4. The summed E-state index contributed by atoms with van der Waals surface area (Å²) in [5.41, 5.74) is 2.22. The van der Waals surface area contributed by atoms with Crippen LogP contribution in [-0.4, -0.2) is 41.2 Å². The predicted molar refractivity (Wildman–Crippen MR) is 91.5 cm³/mol. The molecule has 1 aromatic heterocycles. The number of rotatable bonds is 7. The van der Waals surface area contributed by atoms with Crippen molar-refractivity contribution in [3.8, 4) is 5.75 Å². The van der Waals surface area contributed by atoms with Crippen molar-refractivity contribution in [2.45, 2.75) is 26.2 Å². The number of ether oxygens (including phenoxy) is 2. The van der Waals surface area contributed by atoms with Crippen molar-refractivity contribution in [3.05, 3.63) is 42.2 Å². The fraction of sp³-hybridized carbons (Fsp3) is 0.353. The third kappa shape index (κ3) is 4.16. The van der Waals surface area contributed by atoms with Gasteiger partial charge in [0.1, 0.15) is 12.5 Å². The maximum Gasteiger partial charge on any atom is 0.268 e. The van der Waals surface area contributed by atoms with Crippen LogP contribution < -0.4 is 10.1 Å². The fourth-order valence-corrected chi connectivity index (χ4v) is 2.38. The van der Waals surface area contributed by atoms with E-state index in [0.717, 1.165) is 17.0 Å². The average molecular weight is 344 g/mol. The second kappa shape index (κ2) is 7.80. The lowest BCUT2D eigenvalue weighted by molar-refractivity contribution is -0.125. The molecule has 8 heteroatoms. The van der Waals surface area contributed by atoms with Gasteiger partial charge in [-0.1, -0.05) is 5.16 Å². The summed E-state index contributed by atoms with van der Waals surface area (Å²) >= 11 is 0. The van der Waals surface area contributed by atoms with Crippen LogP contribution in [0.5, 0.6) is 5.75 Å². The molecule has 132 valence electrons. The van der Waals surface area contributed by atoms with Crippen LogP contribution in [0.25, 0.3) is 0 Å². The van der Waals surface area contributed by atoms with Crippen molar-refractivity contribution in [2.24, 2.45) is 5.16 Å². The molecule has 1 aromatic carbocycles. The standard InChI is InChI=1S/C17H20N4O4/c1-3-24-11-21-10-13(9-18-21)19-17(22)16-8-15(20-25-16)12-4-6-14(23-2)7-5-12/h4-7,9-10,16H,3,8,11H2,1-2H3,(H,19,22). The van der Waals surface area contributed by atoms with Crippen LogP contribution >= 0.6 is 0 Å². The van der Waals surface area contributed by atoms with Gasteiger partial charge in [0.2, 0.25) is 6.10 Å². The molecule has 1 amide bonds. The number of oxime groups is 1. The van der Waals surface area contributed by atoms with E-state index >= 15 is 0 Å². The summed E-state index contributed by atoms with van der Waals surface area (Å²) in [5, 5.41) is 10.9. The Balaban J connectivity index is 1.55. The smallest absolute Gasteiger partial charge is 0.268 e. The van der Waals surface area contributed by atoms with E-state index in [9.17, 15) is 4.79 Å². The van der Waals surface area contributed by atoms with Crippen LogP contribution in [0.4, 0.5) is 5.69 Å². The van der Waals surface area contributed by atoms with Crippen LogP contribution in [0.2, 0.25) is 0 Å². The molecule has 25 heavy (non-hydrogen) atoms. The molecule has 1 atom stereocenters. The number of anilines is 1. The number of carbonyl (C=O) groups excluding carboxylic acids is 1. The monoisotopic (exact) mass is 344 g/mol. The molecule has 0 bridgehead atoms. The number of hydrogen-bond acceptors (Lipinski definition) is 6. The first-order chi connectivity index (χ1) is 12.2. The van der Waals surface area contributed by atoms with Crippen molar-refractivity contribution in [2.75, 3.05) is 19.0 Å². The molecule has 3 rings (SSSR count). The Morgan fingerprint density at radius 2 is 2.20 bits per heavy atom. The van der Waals surface area contributed by atoms with E-state index in [0.29, 0.717) is 25.4 Å². The largest absolute Gasteiger partial charge is 0.497 e. The zero-order valence-electron chi connectivity index (χ0n) is 14.1. The van der Waals surface area contributed by atoms with Gasteiger partial charge in [0.15, 0.2) is 0 Å². The third-order valence-corrected chi connectivity index (χ3v) is 3.71. The van der Waals surface area contributed by atoms with E-state index in [4.69, 9.17) is 14.3 Å². The zero-order chi connectivity index (χ0) is 17.6. The Bertz CT molecular complexity index is 754. The SMILES string of the molecule is CCOCn1cc(NC(=O)C2CC(c3ccc(OC)cc3)=NO2)cn1. The summed E-state index contributed by atoms with van der Waals surface area (Å²) in [4.78, 5) is 17.6. The number of benzene rings is 1. The van der Waals surface area contributed by atoms with Crippen molar-refractivity contribution < 1.29 is 19.1 Å². The lowest BCUT2D eigenvalue weighted by Gasteiger charge is -2.07. The minimum absolute atomic E-state index is 0.261. The number of nitrogens with one attached hydrogen (secondary N) is 1. The number of hydrogen-bond donors (Lipinski definition) is 1. The molecule has 0 spiro atoms. The van der Waals surface area contributed by atoms with E-state index in [2.05, 4.69) is 15.6 Å². The zero-order valence-corrected chi connectivity index (χ0v) is 14.1. The topological polar surface area (TPSA) is 87.0 Å². The van der Waals surface area contributed by atoms with E-state index in [1.807, 2.05) is 31.2 Å². The van der Waals surface area contributed by atoms with Gasteiger partial charge >= 0.3 is 0 Å². The first-order valence-electron chi connectivity index (χ1n) is 7.97. The molecule has 0 radical (unpaired) electrons. The van der Waals surface area contributed by atoms with Gasteiger partial charge in [0.25, 0.3) is 5.91 Å². The molecule has 0 fully saturated rings. The van der Waals surface area contributed by atoms with Gasteiger partial charge in [-0.15, -0.1) is 0 Å². The van der Waals surface area contributed by atoms with Crippen LogP contribution in [0.1, 0.15) is 18.9 Å². The van der Waals surface area contributed by atoms with E-state index in [-0.39, 0.29) is 5.91 Å².